The number of carbonyl (C=O) groups excluding carboxylic acids is 1. The maximum absolute atomic E-state index is 12.6. The summed E-state index contributed by atoms with van der Waals surface area (Å²) in [4.78, 5) is 12.6. The molecule has 2 aromatic rings. The Balaban J connectivity index is 1.74. The van der Waals surface area contributed by atoms with Gasteiger partial charge < -0.3 is 10.1 Å². The first-order valence-electron chi connectivity index (χ1n) is 8.40. The zero-order valence-corrected chi connectivity index (χ0v) is 15.7. The van der Waals surface area contributed by atoms with Crippen molar-refractivity contribution in [1.82, 2.24) is 0 Å². The van der Waals surface area contributed by atoms with Crippen molar-refractivity contribution in [2.45, 2.75) is 26.2 Å². The summed E-state index contributed by atoms with van der Waals surface area (Å²) in [6, 6.07) is 13.7. The van der Waals surface area contributed by atoms with Gasteiger partial charge in [0, 0.05) is 21.3 Å². The van der Waals surface area contributed by atoms with Gasteiger partial charge in [0.2, 0.25) is 0 Å². The number of hydrogen-bond acceptors (Lipinski definition) is 2. The first-order chi connectivity index (χ1) is 12.2. The van der Waals surface area contributed by atoms with E-state index >= 15 is 0 Å². The van der Waals surface area contributed by atoms with E-state index in [2.05, 4.69) is 40.3 Å². The van der Waals surface area contributed by atoms with E-state index in [1.54, 1.807) is 12.3 Å². The third-order valence-electron chi connectivity index (χ3n) is 4.02. The summed E-state index contributed by atoms with van der Waals surface area (Å²) in [6.45, 7) is 2.18. The van der Waals surface area contributed by atoms with E-state index in [-0.39, 0.29) is 5.91 Å². The highest BCUT2D eigenvalue weighted by Crippen LogP contribution is 2.28. The number of nitrogens with one attached hydrogen (secondary N) is 1. The number of ether oxygens (including phenoxy) is 1. The second-order valence-electron chi connectivity index (χ2n) is 5.96. The number of rotatable bonds is 5. The Hall–Kier alpha value is -2.33. The topological polar surface area (TPSA) is 38.3 Å². The van der Waals surface area contributed by atoms with Crippen LogP contribution in [0.4, 0.5) is 5.69 Å². The number of aryl methyl sites for hydroxylation is 1. The van der Waals surface area contributed by atoms with Crippen LogP contribution in [0.25, 0.3) is 6.08 Å². The van der Waals surface area contributed by atoms with Crippen molar-refractivity contribution in [1.29, 1.82) is 0 Å². The number of hydrogen-bond donors (Lipinski definition) is 1. The van der Waals surface area contributed by atoms with Gasteiger partial charge in [0.15, 0.2) is 0 Å². The molecule has 0 atom stereocenters. The van der Waals surface area contributed by atoms with Crippen LogP contribution in [0.5, 0.6) is 5.75 Å². The Morgan fingerprint density at radius 1 is 1.16 bits per heavy atom. The summed E-state index contributed by atoms with van der Waals surface area (Å²) in [5.41, 5.74) is 3.49. The fourth-order valence-corrected chi connectivity index (χ4v) is 2.99. The molecule has 0 fully saturated rings. The zero-order chi connectivity index (χ0) is 17.6. The van der Waals surface area contributed by atoms with Crippen molar-refractivity contribution in [2.24, 2.45) is 0 Å². The highest BCUT2D eigenvalue weighted by Gasteiger charge is 2.12. The van der Waals surface area contributed by atoms with Crippen LogP contribution in [0, 0.1) is 0 Å². The quantitative estimate of drug-likeness (QED) is 0.700. The number of halogens is 1. The summed E-state index contributed by atoms with van der Waals surface area (Å²) in [6.07, 6.45) is 8.48. The molecule has 0 saturated heterocycles. The van der Waals surface area contributed by atoms with Gasteiger partial charge in [0.1, 0.15) is 5.75 Å². The van der Waals surface area contributed by atoms with E-state index in [1.807, 2.05) is 36.4 Å². The number of amides is 1. The molecule has 0 bridgehead atoms. The van der Waals surface area contributed by atoms with Crippen LogP contribution in [0.1, 0.15) is 30.9 Å². The lowest BCUT2D eigenvalue weighted by Crippen LogP contribution is -2.13. The Kier molecular flexibility index (Phi) is 5.71. The summed E-state index contributed by atoms with van der Waals surface area (Å²) >= 11 is 3.45. The van der Waals surface area contributed by atoms with Crippen LogP contribution in [-0.4, -0.2) is 5.91 Å². The first-order valence-corrected chi connectivity index (χ1v) is 9.20. The number of fused-ring (bicyclic) bond motifs is 1. The van der Waals surface area contributed by atoms with Gasteiger partial charge in [-0.2, -0.15) is 0 Å². The third-order valence-corrected chi connectivity index (χ3v) is 4.51. The largest absolute Gasteiger partial charge is 0.464 e. The van der Waals surface area contributed by atoms with Crippen LogP contribution in [-0.2, 0) is 11.2 Å². The van der Waals surface area contributed by atoms with Crippen molar-refractivity contribution in [3.8, 4) is 5.75 Å². The van der Waals surface area contributed by atoms with Gasteiger partial charge in [-0.15, -0.1) is 0 Å². The van der Waals surface area contributed by atoms with Crippen LogP contribution < -0.4 is 10.1 Å². The van der Waals surface area contributed by atoms with E-state index in [4.69, 9.17) is 4.74 Å². The molecule has 4 heteroatoms. The summed E-state index contributed by atoms with van der Waals surface area (Å²) in [5, 5.41) is 2.94. The maximum Gasteiger partial charge on any atom is 0.255 e. The molecular weight excluding hydrogens is 378 g/mol. The molecule has 25 heavy (non-hydrogen) atoms. The molecule has 2 aromatic carbocycles. The van der Waals surface area contributed by atoms with Crippen molar-refractivity contribution in [2.75, 3.05) is 5.32 Å². The molecule has 1 amide bonds. The maximum atomic E-state index is 12.6. The Morgan fingerprint density at radius 3 is 2.72 bits per heavy atom. The molecule has 1 aliphatic rings. The van der Waals surface area contributed by atoms with E-state index in [9.17, 15) is 4.79 Å². The molecular formula is C21H20BrNO2. The minimum Gasteiger partial charge on any atom is -0.464 e. The van der Waals surface area contributed by atoms with E-state index in [0.717, 1.165) is 27.9 Å². The lowest BCUT2D eigenvalue weighted by Gasteiger charge is -2.07. The minimum absolute atomic E-state index is 0.158. The van der Waals surface area contributed by atoms with Crippen LogP contribution in [0.2, 0.25) is 0 Å². The van der Waals surface area contributed by atoms with Gasteiger partial charge in [-0.25, -0.2) is 0 Å². The highest BCUT2D eigenvalue weighted by molar-refractivity contribution is 9.10. The second kappa shape index (κ2) is 8.17. The van der Waals surface area contributed by atoms with Gasteiger partial charge in [-0.3, -0.25) is 4.79 Å². The predicted octanol–water partition coefficient (Wildman–Crippen LogP) is 5.72. The molecule has 0 aromatic heterocycles. The number of carbonyl (C=O) groups is 1. The Labute approximate surface area is 156 Å². The zero-order valence-electron chi connectivity index (χ0n) is 14.1. The Bertz CT molecular complexity index is 822. The minimum atomic E-state index is -0.158. The molecule has 0 unspecified atom stereocenters. The van der Waals surface area contributed by atoms with E-state index < -0.39 is 0 Å². The average molecular weight is 398 g/mol. The fraction of sp³-hybridized carbons (Fsp3) is 0.190. The Morgan fingerprint density at radius 2 is 1.96 bits per heavy atom. The smallest absolute Gasteiger partial charge is 0.255 e. The molecule has 3 nitrogen and oxygen atoms in total. The lowest BCUT2D eigenvalue weighted by atomic mass is 10.1. The van der Waals surface area contributed by atoms with E-state index in [0.29, 0.717) is 5.57 Å². The standard InChI is InChI=1S/C21H20BrNO2/c1-2-3-4-15-5-8-19(9-6-15)23-21(24)16-11-12-25-20-10-7-18(22)14-17(20)13-16/h5-14H,2-4H2,1H3,(H,23,24). The molecule has 0 spiro atoms. The van der Waals surface area contributed by atoms with Crippen LogP contribution in [0.15, 0.2) is 64.8 Å². The number of unbranched alkanes of at least 4 members (excludes halogenated alkanes) is 1. The second-order valence-corrected chi connectivity index (χ2v) is 6.87. The molecule has 0 aliphatic carbocycles. The van der Waals surface area contributed by atoms with Gasteiger partial charge in [0.05, 0.1) is 6.26 Å². The molecule has 128 valence electrons. The SMILES string of the molecule is CCCCc1ccc(NC(=O)C2=Cc3cc(Br)ccc3OC=C2)cc1. The highest BCUT2D eigenvalue weighted by atomic mass is 79.9. The summed E-state index contributed by atoms with van der Waals surface area (Å²) in [5.74, 6) is 0.566. The molecule has 0 saturated carbocycles. The predicted molar refractivity (Wildman–Crippen MR) is 106 cm³/mol. The van der Waals surface area contributed by atoms with Crippen LogP contribution >= 0.6 is 15.9 Å². The van der Waals surface area contributed by atoms with Gasteiger partial charge in [-0.1, -0.05) is 41.4 Å². The molecule has 0 radical (unpaired) electrons. The fourth-order valence-electron chi connectivity index (χ4n) is 2.62. The molecule has 1 N–H and O–H groups in total. The van der Waals surface area contributed by atoms with Crippen LogP contribution in [0.3, 0.4) is 0 Å². The van der Waals surface area contributed by atoms with E-state index in [1.165, 1.54) is 18.4 Å². The summed E-state index contributed by atoms with van der Waals surface area (Å²) in [7, 11) is 0. The van der Waals surface area contributed by atoms with Gasteiger partial charge in [0.25, 0.3) is 5.91 Å². The lowest BCUT2D eigenvalue weighted by molar-refractivity contribution is -0.112. The van der Waals surface area contributed by atoms with Crippen molar-refractivity contribution in [3.05, 3.63) is 76.0 Å². The monoisotopic (exact) mass is 397 g/mol. The van der Waals surface area contributed by atoms with Gasteiger partial charge in [-0.05, 0) is 60.9 Å². The van der Waals surface area contributed by atoms with Gasteiger partial charge >= 0.3 is 0 Å². The average Bonchev–Trinajstić information content (AvgIpc) is 2.83. The summed E-state index contributed by atoms with van der Waals surface area (Å²) < 4.78 is 6.49. The number of anilines is 1. The normalized spacial score (nSPS) is 12.6. The molecule has 1 heterocycles. The molecule has 1 aliphatic heterocycles. The number of benzene rings is 2. The van der Waals surface area contributed by atoms with Crippen molar-refractivity contribution < 1.29 is 9.53 Å². The first kappa shape index (κ1) is 17.5. The van der Waals surface area contributed by atoms with Crippen molar-refractivity contribution >= 4 is 33.6 Å². The van der Waals surface area contributed by atoms with Crippen molar-refractivity contribution in [3.63, 3.8) is 0 Å². The third kappa shape index (κ3) is 4.60. The molecule has 3 rings (SSSR count).